The van der Waals surface area contributed by atoms with Crippen molar-refractivity contribution >= 4 is 17.6 Å². The maximum atomic E-state index is 13.8. The Hall–Kier alpha value is -3.89. The number of nitrogens with one attached hydrogen (secondary N) is 1. The number of halogens is 7. The number of hydrogen-bond acceptors (Lipinski definition) is 3. The predicted octanol–water partition coefficient (Wildman–Crippen LogP) is 6.92. The Labute approximate surface area is 208 Å². The first-order valence-corrected chi connectivity index (χ1v) is 10.7. The second kappa shape index (κ2) is 12.4. The van der Waals surface area contributed by atoms with E-state index in [2.05, 4.69) is 42.8 Å². The third-order valence-electron chi connectivity index (χ3n) is 5.23. The first-order valence-electron chi connectivity index (χ1n) is 10.7. The normalized spacial score (nSPS) is 10.9. The van der Waals surface area contributed by atoms with Gasteiger partial charge in [0.15, 0.2) is 23.3 Å². The van der Waals surface area contributed by atoms with Crippen LogP contribution >= 0.6 is 0 Å². The van der Waals surface area contributed by atoms with Crippen molar-refractivity contribution in [1.29, 1.82) is 0 Å². The van der Waals surface area contributed by atoms with Crippen LogP contribution in [0.1, 0.15) is 39.0 Å². The molecule has 3 aromatic carbocycles. The quantitative estimate of drug-likeness (QED) is 0.222. The number of benzene rings is 3. The van der Waals surface area contributed by atoms with Crippen LogP contribution in [0, 0.1) is 37.1 Å². The highest BCUT2D eigenvalue weighted by Gasteiger charge is 2.42. The molecule has 3 aromatic rings. The molecule has 0 heterocycles. The molecule has 0 aliphatic carbocycles. The van der Waals surface area contributed by atoms with Crippen molar-refractivity contribution in [3.8, 4) is 0 Å². The van der Waals surface area contributed by atoms with Crippen LogP contribution in [0.3, 0.4) is 0 Å². The van der Waals surface area contributed by atoms with Crippen LogP contribution in [0.25, 0.3) is 0 Å². The van der Waals surface area contributed by atoms with Crippen LogP contribution in [0.2, 0.25) is 0 Å². The zero-order chi connectivity index (χ0) is 27.9. The number of methoxy groups -OCH3 is 1. The van der Waals surface area contributed by atoms with Gasteiger partial charge in [0.1, 0.15) is 11.3 Å². The van der Waals surface area contributed by atoms with E-state index in [1.807, 2.05) is 0 Å². The van der Waals surface area contributed by atoms with E-state index in [9.17, 15) is 40.3 Å². The number of hydrogen-bond donors (Lipinski definition) is 1. The topological polar surface area (TPSA) is 55.4 Å². The summed E-state index contributed by atoms with van der Waals surface area (Å²) in [4.78, 5) is 23.3. The molecule has 0 unspecified atom stereocenters. The van der Waals surface area contributed by atoms with Crippen molar-refractivity contribution in [3.63, 3.8) is 0 Å². The number of aryl methyl sites for hydroxylation is 3. The lowest BCUT2D eigenvalue weighted by atomic mass is 10.1. The van der Waals surface area contributed by atoms with Crippen molar-refractivity contribution in [3.05, 3.63) is 99.6 Å². The number of ether oxygens (including phenoxy) is 1. The summed E-state index contributed by atoms with van der Waals surface area (Å²) in [6.45, 7) is 4.24. The van der Waals surface area contributed by atoms with Gasteiger partial charge in [0.05, 0.1) is 12.7 Å². The molecule has 0 spiro atoms. The number of anilines is 1. The van der Waals surface area contributed by atoms with Gasteiger partial charge in [0.25, 0.3) is 0 Å². The first-order chi connectivity index (χ1) is 17.3. The van der Waals surface area contributed by atoms with Crippen LogP contribution in [0.4, 0.5) is 36.4 Å². The van der Waals surface area contributed by atoms with Crippen molar-refractivity contribution in [2.75, 3.05) is 12.4 Å². The average Bonchev–Trinajstić information content (AvgIpc) is 2.85. The molecule has 0 aliphatic heterocycles. The number of esters is 1. The molecule has 0 aliphatic rings. The molecular weight excluding hydrogens is 507 g/mol. The first kappa shape index (κ1) is 29.3. The summed E-state index contributed by atoms with van der Waals surface area (Å²) in [6.07, 6.45) is -6.18. The molecule has 198 valence electrons. The fourth-order valence-corrected chi connectivity index (χ4v) is 3.08. The molecule has 0 aromatic heterocycles. The van der Waals surface area contributed by atoms with E-state index in [0.29, 0.717) is 5.56 Å². The van der Waals surface area contributed by atoms with E-state index in [1.54, 1.807) is 0 Å². The van der Waals surface area contributed by atoms with Gasteiger partial charge in [-0.3, -0.25) is 4.79 Å². The number of carbonyl (C=O) groups is 2. The highest BCUT2D eigenvalue weighted by molar-refractivity contribution is 5.91. The van der Waals surface area contributed by atoms with E-state index >= 15 is 0 Å². The van der Waals surface area contributed by atoms with Crippen LogP contribution < -0.4 is 5.32 Å². The maximum Gasteiger partial charge on any atom is 0.422 e. The maximum absolute atomic E-state index is 13.8. The molecule has 0 radical (unpaired) electrons. The minimum atomic E-state index is -5.68. The van der Waals surface area contributed by atoms with Gasteiger partial charge in [0, 0.05) is 6.42 Å². The molecule has 4 nitrogen and oxygen atoms in total. The van der Waals surface area contributed by atoms with Crippen LogP contribution in [-0.2, 0) is 22.1 Å². The van der Waals surface area contributed by atoms with E-state index in [0.717, 1.165) is 7.11 Å². The molecule has 0 saturated carbocycles. The number of carbonyl (C=O) groups excluding carboxylic acids is 2. The van der Waals surface area contributed by atoms with E-state index in [1.165, 1.54) is 40.7 Å². The molecule has 0 saturated heterocycles. The standard InChI is InChI=1S/C18H12F7NO3.C8H10/c1-29-17(28)9-4-2-3-8(7-9)5-6-10(27)26-16-14(21)12(19)11(18(23,24)25)13(20)15(16)22;1-7-5-3-4-6-8(7)2/h2-4,7H,5-6H2,1H3,(H,26,27);3-6H,1-2H3. The lowest BCUT2D eigenvalue weighted by Crippen LogP contribution is -2.20. The third kappa shape index (κ3) is 7.55. The van der Waals surface area contributed by atoms with Crippen molar-refractivity contribution in [2.24, 2.45) is 0 Å². The van der Waals surface area contributed by atoms with Gasteiger partial charge in [-0.25, -0.2) is 22.4 Å². The summed E-state index contributed by atoms with van der Waals surface area (Å²) < 4.78 is 96.9. The second-order valence-electron chi connectivity index (χ2n) is 7.83. The predicted molar refractivity (Wildman–Crippen MR) is 122 cm³/mol. The van der Waals surface area contributed by atoms with Gasteiger partial charge in [-0.2, -0.15) is 13.2 Å². The highest BCUT2D eigenvalue weighted by atomic mass is 19.4. The lowest BCUT2D eigenvalue weighted by Gasteiger charge is -2.14. The summed E-state index contributed by atoms with van der Waals surface area (Å²) in [5, 5.41) is 1.53. The molecule has 0 fully saturated rings. The SMILES string of the molecule is COC(=O)c1cccc(CCC(=O)Nc2c(F)c(F)c(C(F)(F)F)c(F)c2F)c1.Cc1ccccc1C. The van der Waals surface area contributed by atoms with Gasteiger partial charge >= 0.3 is 12.1 Å². The van der Waals surface area contributed by atoms with Gasteiger partial charge in [-0.1, -0.05) is 36.4 Å². The monoisotopic (exact) mass is 529 g/mol. The lowest BCUT2D eigenvalue weighted by molar-refractivity contribution is -0.143. The van der Waals surface area contributed by atoms with Gasteiger partial charge in [-0.05, 0) is 49.1 Å². The molecule has 1 N–H and O–H groups in total. The minimum absolute atomic E-state index is 0.0501. The molecule has 0 bridgehead atoms. The van der Waals surface area contributed by atoms with Crippen molar-refractivity contribution in [1.82, 2.24) is 0 Å². The Morgan fingerprint density at radius 3 is 1.84 bits per heavy atom. The summed E-state index contributed by atoms with van der Waals surface area (Å²) >= 11 is 0. The fraction of sp³-hybridized carbons (Fsp3) is 0.231. The molecule has 3 rings (SSSR count). The van der Waals surface area contributed by atoms with Gasteiger partial charge < -0.3 is 10.1 Å². The number of alkyl halides is 3. The summed E-state index contributed by atoms with van der Waals surface area (Å²) in [7, 11) is 1.16. The fourth-order valence-electron chi connectivity index (χ4n) is 3.08. The Morgan fingerprint density at radius 2 is 1.38 bits per heavy atom. The Balaban J connectivity index is 0.000000510. The Bertz CT molecular complexity index is 1240. The van der Waals surface area contributed by atoms with Gasteiger partial charge in [-0.15, -0.1) is 0 Å². The average molecular weight is 529 g/mol. The van der Waals surface area contributed by atoms with E-state index < -0.39 is 59.0 Å². The molecule has 1 amide bonds. The zero-order valence-corrected chi connectivity index (χ0v) is 19.9. The largest absolute Gasteiger partial charge is 0.465 e. The number of rotatable bonds is 5. The number of amides is 1. The minimum Gasteiger partial charge on any atom is -0.465 e. The smallest absolute Gasteiger partial charge is 0.422 e. The summed E-state index contributed by atoms with van der Waals surface area (Å²) in [5.41, 5.74) is -1.03. The van der Waals surface area contributed by atoms with Gasteiger partial charge in [0.2, 0.25) is 5.91 Å². The van der Waals surface area contributed by atoms with Crippen LogP contribution in [0.15, 0.2) is 48.5 Å². The van der Waals surface area contributed by atoms with E-state index in [-0.39, 0.29) is 12.0 Å². The Morgan fingerprint density at radius 1 is 0.838 bits per heavy atom. The van der Waals surface area contributed by atoms with Crippen LogP contribution in [-0.4, -0.2) is 19.0 Å². The summed E-state index contributed by atoms with van der Waals surface area (Å²) in [6, 6.07) is 14.2. The third-order valence-corrected chi connectivity index (χ3v) is 5.23. The molecule has 37 heavy (non-hydrogen) atoms. The zero-order valence-electron chi connectivity index (χ0n) is 19.9. The summed E-state index contributed by atoms with van der Waals surface area (Å²) in [5.74, 6) is -11.9. The van der Waals surface area contributed by atoms with Crippen molar-refractivity contribution in [2.45, 2.75) is 32.9 Å². The van der Waals surface area contributed by atoms with E-state index in [4.69, 9.17) is 0 Å². The van der Waals surface area contributed by atoms with Crippen molar-refractivity contribution < 1.29 is 45.1 Å². The highest BCUT2D eigenvalue weighted by Crippen LogP contribution is 2.38. The molecule has 11 heteroatoms. The van der Waals surface area contributed by atoms with Crippen LogP contribution in [0.5, 0.6) is 0 Å². The second-order valence-corrected chi connectivity index (χ2v) is 7.83. The molecular formula is C26H22F7NO3. The Kier molecular flexibility index (Phi) is 9.81. The molecule has 0 atom stereocenters.